The van der Waals surface area contributed by atoms with Crippen molar-refractivity contribution in [2.45, 2.75) is 0 Å². The van der Waals surface area contributed by atoms with E-state index in [0.29, 0.717) is 34.2 Å². The van der Waals surface area contributed by atoms with Crippen LogP contribution in [-0.4, -0.2) is 43.6 Å². The van der Waals surface area contributed by atoms with E-state index in [1.165, 1.54) is 49.3 Å². The molecular weight excluding hydrogens is 1620 g/mol. The second-order valence-corrected chi connectivity index (χ2v) is 33.1. The van der Waals surface area contributed by atoms with Crippen molar-refractivity contribution in [1.29, 1.82) is 0 Å². The average molecular weight is 1690 g/mol. The van der Waals surface area contributed by atoms with Gasteiger partial charge in [-0.2, -0.15) is 0 Å². The van der Waals surface area contributed by atoms with Crippen LogP contribution >= 0.6 is 0 Å². The lowest BCUT2D eigenvalue weighted by molar-refractivity contribution is 0.667. The van der Waals surface area contributed by atoms with Crippen molar-refractivity contribution in [2.24, 2.45) is 0 Å². The Morgan fingerprint density at radius 2 is 0.402 bits per heavy atom. The zero-order valence-corrected chi connectivity index (χ0v) is 71.1. The van der Waals surface area contributed by atoms with E-state index in [-0.39, 0.29) is 0 Å². The van der Waals surface area contributed by atoms with Crippen molar-refractivity contribution >= 4 is 132 Å². The molecular formula is C120H75N9O3. The van der Waals surface area contributed by atoms with Crippen LogP contribution in [0, 0.1) is 0 Å². The zero-order valence-electron chi connectivity index (χ0n) is 71.1. The molecule has 27 aromatic rings. The average Bonchev–Trinajstić information content (AvgIpc) is 1.58. The number of fused-ring (bicyclic) bond motifs is 18. The first-order valence-electron chi connectivity index (χ1n) is 44.3. The largest absolute Gasteiger partial charge is 0.452 e. The van der Waals surface area contributed by atoms with Crippen molar-refractivity contribution in [3.05, 3.63) is 455 Å². The van der Waals surface area contributed by atoms with Crippen LogP contribution in [-0.2, 0) is 0 Å². The van der Waals surface area contributed by atoms with E-state index in [4.69, 9.17) is 43.2 Å². The van der Waals surface area contributed by atoms with Crippen LogP contribution in [0.25, 0.3) is 250 Å². The fourth-order valence-corrected chi connectivity index (χ4v) is 19.0. The molecule has 0 N–H and O–H groups in total. The van der Waals surface area contributed by atoms with Crippen molar-refractivity contribution in [3.63, 3.8) is 0 Å². The quantitative estimate of drug-likeness (QED) is 0.117. The van der Waals surface area contributed by atoms with Gasteiger partial charge in [-0.25, -0.2) is 29.9 Å². The van der Waals surface area contributed by atoms with Crippen LogP contribution in [0.2, 0.25) is 0 Å². The van der Waals surface area contributed by atoms with Gasteiger partial charge in [0.2, 0.25) is 0 Å². The Morgan fingerprint density at radius 1 is 0.152 bits per heavy atom. The third-order valence-corrected chi connectivity index (χ3v) is 25.2. The number of hydrogen-bond donors (Lipinski definition) is 0. The van der Waals surface area contributed by atoms with Gasteiger partial charge in [0, 0.05) is 98.9 Å². The standard InChI is InChI=1S/3C40H25N3O/c1-3-12-26(13-4-1)27-14-11-15-29(24-27)40-41-37(39-38(42-40)32-19-8-10-21-36(32)44-39)28-22-23-35-33(25-28)31-18-7-9-20-34(31)43(35)30-16-5-2-6-17-30;1-3-12-26(13-4-1)28-16-11-17-30(24-28)43-34-20-9-7-18-31(34)33-25-29(22-23-35(33)43)37-39-38(32-19-8-10-21-36(32)44-39)42-40(41-37)27-14-5-2-6-15-27;1-3-11-26(12-4-1)27-19-21-28(22-20-27)40-41-37(39-38(42-40)32-16-8-10-18-36(32)44-39)29-23-24-35-33(25-29)31-15-7-9-17-34(31)43(35)30-13-5-2-6-14-30/h3*1-25H. The van der Waals surface area contributed by atoms with E-state index in [2.05, 4.69) is 372 Å². The first-order chi connectivity index (χ1) is 65.4. The Hall–Kier alpha value is -18.0. The summed E-state index contributed by atoms with van der Waals surface area (Å²) in [6.45, 7) is 0. The van der Waals surface area contributed by atoms with E-state index in [9.17, 15) is 0 Å². The van der Waals surface area contributed by atoms with E-state index in [0.717, 1.165) is 167 Å². The van der Waals surface area contributed by atoms with Gasteiger partial charge in [0.15, 0.2) is 34.2 Å². The van der Waals surface area contributed by atoms with Crippen LogP contribution in [0.15, 0.2) is 468 Å². The Balaban J connectivity index is 0.000000106. The predicted octanol–water partition coefficient (Wildman–Crippen LogP) is 31.4. The highest BCUT2D eigenvalue weighted by Crippen LogP contribution is 2.46. The summed E-state index contributed by atoms with van der Waals surface area (Å²) in [6.07, 6.45) is 0. The van der Waals surface area contributed by atoms with Gasteiger partial charge in [-0.15, -0.1) is 0 Å². The third-order valence-electron chi connectivity index (χ3n) is 25.2. The Bertz CT molecular complexity index is 9140. The summed E-state index contributed by atoms with van der Waals surface area (Å²) in [5, 5.41) is 10.0. The molecule has 0 aliphatic heterocycles. The normalized spacial score (nSPS) is 11.6. The van der Waals surface area contributed by atoms with Gasteiger partial charge < -0.3 is 27.0 Å². The zero-order chi connectivity index (χ0) is 87.1. The number of benzene rings is 18. The second-order valence-electron chi connectivity index (χ2n) is 33.1. The molecule has 12 nitrogen and oxygen atoms in total. The summed E-state index contributed by atoms with van der Waals surface area (Å²) in [5.41, 5.74) is 32.5. The Labute approximate surface area is 756 Å². The number of furan rings is 3. The smallest absolute Gasteiger partial charge is 0.180 e. The molecule has 0 amide bonds. The van der Waals surface area contributed by atoms with Crippen LogP contribution in [0.5, 0.6) is 0 Å². The van der Waals surface area contributed by atoms with E-state index in [1.807, 2.05) is 97.1 Å². The highest BCUT2D eigenvalue weighted by Gasteiger charge is 2.26. The highest BCUT2D eigenvalue weighted by molar-refractivity contribution is 6.16. The molecule has 0 aliphatic carbocycles. The van der Waals surface area contributed by atoms with Gasteiger partial charge >= 0.3 is 0 Å². The second kappa shape index (κ2) is 32.1. The summed E-state index contributed by atoms with van der Waals surface area (Å²) in [6, 6.07) is 158. The lowest BCUT2D eigenvalue weighted by atomic mass is 10.0. The number of nitrogens with zero attached hydrogens (tertiary/aromatic N) is 9. The molecule has 0 atom stereocenters. The minimum absolute atomic E-state index is 0.670. The van der Waals surface area contributed by atoms with Crippen LogP contribution in [0.3, 0.4) is 0 Å². The van der Waals surface area contributed by atoms with Gasteiger partial charge in [0.05, 0.1) is 33.1 Å². The molecule has 0 saturated carbocycles. The lowest BCUT2D eigenvalue weighted by Gasteiger charge is -2.11. The molecule has 9 heterocycles. The van der Waals surface area contributed by atoms with E-state index >= 15 is 0 Å². The van der Waals surface area contributed by atoms with Crippen molar-refractivity contribution in [2.75, 3.05) is 0 Å². The van der Waals surface area contributed by atoms with Crippen molar-refractivity contribution in [1.82, 2.24) is 43.6 Å². The summed E-state index contributed by atoms with van der Waals surface area (Å²) in [7, 11) is 0. The summed E-state index contributed by atoms with van der Waals surface area (Å²) in [4.78, 5) is 30.7. The fourth-order valence-electron chi connectivity index (χ4n) is 19.0. The lowest BCUT2D eigenvalue weighted by Crippen LogP contribution is -1.95. The molecule has 0 bridgehead atoms. The van der Waals surface area contributed by atoms with Gasteiger partial charge in [-0.1, -0.05) is 322 Å². The number of para-hydroxylation sites is 8. The van der Waals surface area contributed by atoms with E-state index in [1.54, 1.807) is 0 Å². The maximum absolute atomic E-state index is 6.47. The number of hydrogen-bond acceptors (Lipinski definition) is 9. The molecule has 0 spiro atoms. The van der Waals surface area contributed by atoms with Crippen LogP contribution < -0.4 is 0 Å². The summed E-state index contributed by atoms with van der Waals surface area (Å²) in [5.74, 6) is 2.02. The van der Waals surface area contributed by atoms with Crippen molar-refractivity contribution < 1.29 is 13.3 Å². The maximum Gasteiger partial charge on any atom is 0.180 e. The number of aromatic nitrogens is 9. The molecule has 0 fully saturated rings. The fraction of sp³-hybridized carbons (Fsp3) is 0. The van der Waals surface area contributed by atoms with Crippen molar-refractivity contribution in [3.8, 4) is 118 Å². The van der Waals surface area contributed by atoms with Crippen LogP contribution in [0.1, 0.15) is 0 Å². The molecule has 27 rings (SSSR count). The molecule has 618 valence electrons. The first-order valence-corrected chi connectivity index (χ1v) is 44.3. The number of rotatable bonds is 12. The monoisotopic (exact) mass is 1690 g/mol. The van der Waals surface area contributed by atoms with Gasteiger partial charge in [0.1, 0.15) is 50.4 Å². The molecule has 12 heteroatoms. The minimum Gasteiger partial charge on any atom is -0.452 e. The molecule has 132 heavy (non-hydrogen) atoms. The third kappa shape index (κ3) is 13.4. The summed E-state index contributed by atoms with van der Waals surface area (Å²) < 4.78 is 26.3. The molecule has 0 aliphatic rings. The molecule has 9 aromatic heterocycles. The van der Waals surface area contributed by atoms with Crippen LogP contribution in [0.4, 0.5) is 0 Å². The molecule has 18 aromatic carbocycles. The molecule has 0 radical (unpaired) electrons. The Morgan fingerprint density at radius 3 is 0.795 bits per heavy atom. The van der Waals surface area contributed by atoms with Gasteiger partial charge in [0.25, 0.3) is 0 Å². The first kappa shape index (κ1) is 76.4. The molecule has 0 unspecified atom stereocenters. The highest BCUT2D eigenvalue weighted by atomic mass is 16.3. The van der Waals surface area contributed by atoms with E-state index < -0.39 is 0 Å². The topological polar surface area (TPSA) is 132 Å². The molecule has 0 saturated heterocycles. The predicted molar refractivity (Wildman–Crippen MR) is 540 cm³/mol. The van der Waals surface area contributed by atoms with Gasteiger partial charge in [-0.3, -0.25) is 0 Å². The minimum atomic E-state index is 0.670. The SMILES string of the molecule is c1ccc(-c2ccc(-c3nc(-c4ccc5c(c4)c4ccccc4n5-c4ccccc4)c4oc5ccccc5c4n3)cc2)cc1.c1ccc(-c2cccc(-c3nc(-c4ccc5c(c4)c4ccccc4n5-c4ccccc4)c4oc5ccccc5c4n3)c2)cc1.c1ccc(-c2cccc(-n3c4ccccc4c4cc(-c5nc(-c6ccccc6)nc6c5oc5ccccc56)ccc43)c2)cc1. The Kier molecular flexibility index (Phi) is 18.6. The summed E-state index contributed by atoms with van der Waals surface area (Å²) >= 11 is 0. The van der Waals surface area contributed by atoms with Gasteiger partial charge in [-0.05, 0) is 167 Å². The maximum atomic E-state index is 6.47.